The molecule has 0 fully saturated rings. The van der Waals surface area contributed by atoms with Crippen LogP contribution in [0.3, 0.4) is 0 Å². The summed E-state index contributed by atoms with van der Waals surface area (Å²) in [5, 5.41) is 9.54. The second kappa shape index (κ2) is 6.31. The lowest BCUT2D eigenvalue weighted by molar-refractivity contribution is -0.139. The minimum atomic E-state index is -0.922. The minimum absolute atomic E-state index is 0.147. The maximum atomic E-state index is 12.9. The van der Waals surface area contributed by atoms with Gasteiger partial charge in [0.2, 0.25) is 0 Å². The summed E-state index contributed by atoms with van der Waals surface area (Å²) in [4.78, 5) is 32.2. The van der Waals surface area contributed by atoms with E-state index in [2.05, 4.69) is 4.98 Å². The molecule has 2 aromatic rings. The molecule has 0 radical (unpaired) electrons. The Morgan fingerprint density at radius 2 is 1.96 bits per heavy atom. The summed E-state index contributed by atoms with van der Waals surface area (Å²) in [6.45, 7) is 0.539. The smallest absolute Gasteiger partial charge is 0.312 e. The number of hydrogen-bond donors (Lipinski definition) is 1. The number of carbonyl (C=O) groups excluding carboxylic acids is 1. The van der Waals surface area contributed by atoms with Crippen molar-refractivity contribution in [3.05, 3.63) is 59.4 Å². The van der Waals surface area contributed by atoms with Crippen molar-refractivity contribution in [3.63, 3.8) is 0 Å². The fourth-order valence-electron chi connectivity index (χ4n) is 3.05. The average Bonchev–Trinajstić information content (AvgIpc) is 2.59. The molecule has 2 heterocycles. The normalized spacial score (nSPS) is 16.4. The van der Waals surface area contributed by atoms with Crippen LogP contribution in [0.15, 0.2) is 42.6 Å². The maximum absolute atomic E-state index is 12.9. The molecule has 1 N–H and O–H groups in total. The van der Waals surface area contributed by atoms with Crippen LogP contribution in [-0.4, -0.2) is 47.5 Å². The van der Waals surface area contributed by atoms with Crippen molar-refractivity contribution in [3.8, 4) is 0 Å². The standard InChI is InChI=1S/C18H19N3O3/c1-20(2)15-8-5-9-19-16(15)17(22)21-10-12-6-3-4-7-13(12)14(11-21)18(23)24/h3-9,14H,10-11H2,1-2H3,(H,23,24). The van der Waals surface area contributed by atoms with Crippen LogP contribution in [0.5, 0.6) is 0 Å². The Bertz CT molecular complexity index is 789. The number of amides is 1. The molecule has 6 nitrogen and oxygen atoms in total. The van der Waals surface area contributed by atoms with Gasteiger partial charge in [0.1, 0.15) is 0 Å². The summed E-state index contributed by atoms with van der Waals surface area (Å²) in [6.07, 6.45) is 1.58. The van der Waals surface area contributed by atoms with Gasteiger partial charge in [0.25, 0.3) is 5.91 Å². The Labute approximate surface area is 140 Å². The van der Waals surface area contributed by atoms with Crippen molar-refractivity contribution in [1.29, 1.82) is 0 Å². The Morgan fingerprint density at radius 3 is 2.67 bits per heavy atom. The van der Waals surface area contributed by atoms with Crippen LogP contribution in [-0.2, 0) is 11.3 Å². The maximum Gasteiger partial charge on any atom is 0.312 e. The van der Waals surface area contributed by atoms with E-state index in [0.717, 1.165) is 11.1 Å². The van der Waals surface area contributed by atoms with E-state index < -0.39 is 11.9 Å². The molecule has 0 saturated carbocycles. The number of rotatable bonds is 3. The highest BCUT2D eigenvalue weighted by Crippen LogP contribution is 2.30. The topological polar surface area (TPSA) is 73.7 Å². The first-order valence-corrected chi connectivity index (χ1v) is 7.71. The molecule has 1 atom stereocenters. The number of nitrogens with zero attached hydrogens (tertiary/aromatic N) is 3. The van der Waals surface area contributed by atoms with Crippen molar-refractivity contribution in [1.82, 2.24) is 9.88 Å². The number of hydrogen-bond acceptors (Lipinski definition) is 4. The molecule has 1 aliphatic rings. The number of pyridine rings is 1. The van der Waals surface area contributed by atoms with Gasteiger partial charge >= 0.3 is 5.97 Å². The number of aliphatic carboxylic acids is 1. The predicted molar refractivity (Wildman–Crippen MR) is 90.1 cm³/mol. The third kappa shape index (κ3) is 2.82. The van der Waals surface area contributed by atoms with E-state index in [4.69, 9.17) is 0 Å². The molecule has 1 aromatic heterocycles. The number of carboxylic acids is 1. The first-order chi connectivity index (χ1) is 11.5. The molecule has 1 aliphatic heterocycles. The number of fused-ring (bicyclic) bond motifs is 1. The number of aromatic nitrogens is 1. The van der Waals surface area contributed by atoms with Crippen molar-refractivity contribution in [2.75, 3.05) is 25.5 Å². The molecule has 6 heteroatoms. The van der Waals surface area contributed by atoms with Crippen LogP contribution in [0.2, 0.25) is 0 Å². The van der Waals surface area contributed by atoms with Crippen LogP contribution in [0.1, 0.15) is 27.5 Å². The fourth-order valence-corrected chi connectivity index (χ4v) is 3.05. The lowest BCUT2D eigenvalue weighted by Gasteiger charge is -2.33. The molecule has 1 aromatic carbocycles. The lowest BCUT2D eigenvalue weighted by atomic mass is 9.89. The largest absolute Gasteiger partial charge is 0.481 e. The molecule has 0 spiro atoms. The summed E-state index contributed by atoms with van der Waals surface area (Å²) in [7, 11) is 3.69. The monoisotopic (exact) mass is 325 g/mol. The highest BCUT2D eigenvalue weighted by molar-refractivity contribution is 5.98. The lowest BCUT2D eigenvalue weighted by Crippen LogP contribution is -2.41. The highest BCUT2D eigenvalue weighted by Gasteiger charge is 2.33. The van der Waals surface area contributed by atoms with Crippen LogP contribution < -0.4 is 4.90 Å². The number of carboxylic acid groups (broad SMARTS) is 1. The quantitative estimate of drug-likeness (QED) is 0.934. The van der Waals surface area contributed by atoms with Gasteiger partial charge in [-0.2, -0.15) is 0 Å². The van der Waals surface area contributed by atoms with Gasteiger partial charge in [-0.25, -0.2) is 4.98 Å². The second-order valence-electron chi connectivity index (χ2n) is 6.04. The van der Waals surface area contributed by atoms with E-state index >= 15 is 0 Å². The van der Waals surface area contributed by atoms with Gasteiger partial charge in [0, 0.05) is 33.4 Å². The predicted octanol–water partition coefficient (Wildman–Crippen LogP) is 1.97. The third-order valence-corrected chi connectivity index (χ3v) is 4.25. The highest BCUT2D eigenvalue weighted by atomic mass is 16.4. The molecule has 1 unspecified atom stereocenters. The van der Waals surface area contributed by atoms with Gasteiger partial charge in [0.05, 0.1) is 11.6 Å². The van der Waals surface area contributed by atoms with Crippen molar-refractivity contribution >= 4 is 17.6 Å². The summed E-state index contributed by atoms with van der Waals surface area (Å²) in [6, 6.07) is 11.0. The molecule has 0 bridgehead atoms. The third-order valence-electron chi connectivity index (χ3n) is 4.25. The Morgan fingerprint density at radius 1 is 1.21 bits per heavy atom. The van der Waals surface area contributed by atoms with Gasteiger partial charge in [-0.15, -0.1) is 0 Å². The Kier molecular flexibility index (Phi) is 4.20. The van der Waals surface area contributed by atoms with Gasteiger partial charge < -0.3 is 14.9 Å². The van der Waals surface area contributed by atoms with E-state index in [9.17, 15) is 14.7 Å². The zero-order valence-electron chi connectivity index (χ0n) is 13.6. The average molecular weight is 325 g/mol. The van der Waals surface area contributed by atoms with Crippen LogP contribution in [0.25, 0.3) is 0 Å². The molecule has 0 aliphatic carbocycles. The van der Waals surface area contributed by atoms with Crippen LogP contribution >= 0.6 is 0 Å². The molecule has 0 saturated heterocycles. The van der Waals surface area contributed by atoms with Gasteiger partial charge in [-0.05, 0) is 23.3 Å². The first-order valence-electron chi connectivity index (χ1n) is 7.71. The number of carbonyl (C=O) groups is 2. The van der Waals surface area contributed by atoms with Crippen molar-refractivity contribution in [2.24, 2.45) is 0 Å². The molecule has 3 rings (SSSR count). The number of anilines is 1. The minimum Gasteiger partial charge on any atom is -0.481 e. The molecule has 124 valence electrons. The van der Waals surface area contributed by atoms with Gasteiger partial charge in [0.15, 0.2) is 5.69 Å². The summed E-state index contributed by atoms with van der Waals surface area (Å²) < 4.78 is 0. The first kappa shape index (κ1) is 16.0. The summed E-state index contributed by atoms with van der Waals surface area (Å²) in [5.74, 6) is -1.89. The van der Waals surface area contributed by atoms with Crippen LogP contribution in [0.4, 0.5) is 5.69 Å². The molecule has 1 amide bonds. The van der Waals surface area contributed by atoms with E-state index in [-0.39, 0.29) is 12.5 Å². The van der Waals surface area contributed by atoms with E-state index in [1.165, 1.54) is 0 Å². The van der Waals surface area contributed by atoms with Gasteiger partial charge in [-0.3, -0.25) is 9.59 Å². The van der Waals surface area contributed by atoms with E-state index in [0.29, 0.717) is 17.9 Å². The van der Waals surface area contributed by atoms with Gasteiger partial charge in [-0.1, -0.05) is 24.3 Å². The zero-order chi connectivity index (χ0) is 17.3. The van der Waals surface area contributed by atoms with E-state index in [1.807, 2.05) is 49.3 Å². The zero-order valence-corrected chi connectivity index (χ0v) is 13.6. The Hall–Kier alpha value is -2.89. The fraction of sp³-hybridized carbons (Fsp3) is 0.278. The Balaban J connectivity index is 1.97. The molecule has 24 heavy (non-hydrogen) atoms. The molecular weight excluding hydrogens is 306 g/mol. The van der Waals surface area contributed by atoms with Crippen molar-refractivity contribution in [2.45, 2.75) is 12.5 Å². The summed E-state index contributed by atoms with van der Waals surface area (Å²) >= 11 is 0. The summed E-state index contributed by atoms with van der Waals surface area (Å²) in [5.41, 5.74) is 2.70. The molecular formula is C18H19N3O3. The second-order valence-corrected chi connectivity index (χ2v) is 6.04. The van der Waals surface area contributed by atoms with E-state index in [1.54, 1.807) is 17.2 Å². The SMILES string of the molecule is CN(C)c1cccnc1C(=O)N1Cc2ccccc2C(C(=O)O)C1. The van der Waals surface area contributed by atoms with Crippen LogP contribution in [0, 0.1) is 0 Å². The van der Waals surface area contributed by atoms with Crippen molar-refractivity contribution < 1.29 is 14.7 Å². The number of benzene rings is 1.